The highest BCUT2D eigenvalue weighted by molar-refractivity contribution is 7.26. The standard InChI is InChI=1S/C58H36N4OS/c1-4-16-36(17-5-1)41-33-48(39-21-14-20-38(32-39)42-25-15-26-47-46-24-11-13-29-53(46)64-55(42)47)54-49(34-41)43-22-8-3-9-27-50(43)62(54)58-60-56(37-18-6-2-7-19-37)59-57(61-58)40-30-31-45-44-23-10-12-28-51(44)63-52(45)35-40/h1-2,4-35H,3H2. The van der Waals surface area contributed by atoms with E-state index in [0.29, 0.717) is 17.6 Å². The highest BCUT2D eigenvalue weighted by atomic mass is 32.1. The zero-order valence-electron chi connectivity index (χ0n) is 34.4. The number of aromatic nitrogens is 4. The summed E-state index contributed by atoms with van der Waals surface area (Å²) in [5.74, 6) is 1.70. The molecule has 13 rings (SSSR count). The molecule has 0 spiro atoms. The lowest BCUT2D eigenvalue weighted by Gasteiger charge is -2.15. The van der Waals surface area contributed by atoms with Crippen molar-refractivity contribution in [2.24, 2.45) is 0 Å². The van der Waals surface area contributed by atoms with Crippen molar-refractivity contribution in [1.29, 1.82) is 0 Å². The van der Waals surface area contributed by atoms with Crippen LogP contribution in [0.25, 0.3) is 127 Å². The summed E-state index contributed by atoms with van der Waals surface area (Å²) in [4.78, 5) is 15.9. The molecule has 4 aromatic heterocycles. The Hall–Kier alpha value is -8.19. The first-order valence-corrected chi connectivity index (χ1v) is 22.4. The van der Waals surface area contributed by atoms with E-state index in [-0.39, 0.29) is 0 Å². The summed E-state index contributed by atoms with van der Waals surface area (Å²) in [6.45, 7) is 0. The van der Waals surface area contributed by atoms with Crippen LogP contribution in [0, 0.1) is 0 Å². The summed E-state index contributed by atoms with van der Waals surface area (Å²) in [7, 11) is 0. The molecule has 0 atom stereocenters. The highest BCUT2D eigenvalue weighted by Gasteiger charge is 2.25. The second-order valence-electron chi connectivity index (χ2n) is 16.3. The van der Waals surface area contributed by atoms with Gasteiger partial charge in [0.25, 0.3) is 0 Å². The van der Waals surface area contributed by atoms with Gasteiger partial charge in [-0.2, -0.15) is 9.97 Å². The van der Waals surface area contributed by atoms with Crippen molar-refractivity contribution in [3.05, 3.63) is 205 Å². The average Bonchev–Trinajstić information content (AvgIpc) is 3.96. The Labute approximate surface area is 372 Å². The van der Waals surface area contributed by atoms with Crippen LogP contribution in [0.5, 0.6) is 0 Å². The van der Waals surface area contributed by atoms with Crippen molar-refractivity contribution in [1.82, 2.24) is 19.5 Å². The summed E-state index contributed by atoms with van der Waals surface area (Å²) in [5, 5.41) is 5.84. The number of nitrogens with zero attached hydrogens (tertiary/aromatic N) is 4. The molecule has 0 N–H and O–H groups in total. The minimum Gasteiger partial charge on any atom is -0.456 e. The van der Waals surface area contributed by atoms with E-state index in [9.17, 15) is 0 Å². The molecule has 1 aliphatic rings. The molecule has 64 heavy (non-hydrogen) atoms. The van der Waals surface area contributed by atoms with Gasteiger partial charge in [0.2, 0.25) is 5.95 Å². The van der Waals surface area contributed by atoms with Crippen LogP contribution in [0.3, 0.4) is 0 Å². The molecule has 4 heterocycles. The van der Waals surface area contributed by atoms with Crippen molar-refractivity contribution >= 4 is 76.5 Å². The molecule has 1 aliphatic carbocycles. The van der Waals surface area contributed by atoms with E-state index >= 15 is 0 Å². The molecule has 0 aliphatic heterocycles. The van der Waals surface area contributed by atoms with Gasteiger partial charge in [0, 0.05) is 58.6 Å². The van der Waals surface area contributed by atoms with Gasteiger partial charge in [0.05, 0.1) is 11.2 Å². The van der Waals surface area contributed by atoms with E-state index in [4.69, 9.17) is 19.4 Å². The third-order valence-electron chi connectivity index (χ3n) is 12.5. The van der Waals surface area contributed by atoms with Crippen LogP contribution in [-0.4, -0.2) is 19.5 Å². The molecular formula is C58H36N4OS. The monoisotopic (exact) mass is 836 g/mol. The van der Waals surface area contributed by atoms with E-state index in [1.807, 2.05) is 47.7 Å². The predicted molar refractivity (Wildman–Crippen MR) is 267 cm³/mol. The van der Waals surface area contributed by atoms with Crippen LogP contribution in [0.2, 0.25) is 0 Å². The van der Waals surface area contributed by atoms with Crippen molar-refractivity contribution in [2.75, 3.05) is 0 Å². The normalized spacial score (nSPS) is 12.5. The second kappa shape index (κ2) is 14.7. The Balaban J connectivity index is 1.09. The SMILES string of the molecule is C1=Cc2c(n(-c3nc(-c4ccccc4)nc(-c4ccc5c(c4)oc4ccccc45)n3)c3c(-c4cccc(-c5cccc6c5sc5ccccc56)c4)cc(-c4ccccc4)cc23)C=CC1. The van der Waals surface area contributed by atoms with Crippen molar-refractivity contribution in [3.8, 4) is 62.1 Å². The van der Waals surface area contributed by atoms with Crippen LogP contribution in [0.15, 0.2) is 199 Å². The fourth-order valence-electron chi connectivity index (χ4n) is 9.47. The van der Waals surface area contributed by atoms with Gasteiger partial charge in [0.15, 0.2) is 11.6 Å². The average molecular weight is 837 g/mol. The molecule has 0 saturated heterocycles. The van der Waals surface area contributed by atoms with E-state index in [0.717, 1.165) is 83.9 Å². The molecular weight excluding hydrogens is 801 g/mol. The summed E-state index contributed by atoms with van der Waals surface area (Å²) in [6, 6.07) is 64.4. The molecule has 0 radical (unpaired) electrons. The first-order valence-electron chi connectivity index (χ1n) is 21.6. The van der Waals surface area contributed by atoms with Gasteiger partial charge in [-0.25, -0.2) is 4.98 Å². The minimum atomic E-state index is 0.541. The zero-order chi connectivity index (χ0) is 42.1. The van der Waals surface area contributed by atoms with Gasteiger partial charge >= 0.3 is 0 Å². The second-order valence-corrected chi connectivity index (χ2v) is 17.3. The highest BCUT2D eigenvalue weighted by Crippen LogP contribution is 2.44. The molecule has 8 aromatic carbocycles. The summed E-state index contributed by atoms with van der Waals surface area (Å²) < 4.78 is 11.2. The van der Waals surface area contributed by atoms with Crippen LogP contribution < -0.4 is 0 Å². The first kappa shape index (κ1) is 36.5. The molecule has 12 aromatic rings. The van der Waals surface area contributed by atoms with Crippen LogP contribution >= 0.6 is 11.3 Å². The van der Waals surface area contributed by atoms with Crippen molar-refractivity contribution < 1.29 is 4.42 Å². The number of benzene rings is 8. The Morgan fingerprint density at radius 3 is 1.97 bits per heavy atom. The number of thiophene rings is 1. The summed E-state index contributed by atoms with van der Waals surface area (Å²) in [5.41, 5.74) is 13.5. The van der Waals surface area contributed by atoms with E-state index in [1.54, 1.807) is 0 Å². The number of para-hydroxylation sites is 1. The van der Waals surface area contributed by atoms with Crippen molar-refractivity contribution in [2.45, 2.75) is 6.42 Å². The number of allylic oxidation sites excluding steroid dienone is 2. The van der Waals surface area contributed by atoms with Gasteiger partial charge in [-0.05, 0) is 82.8 Å². The van der Waals surface area contributed by atoms with Gasteiger partial charge in [0.1, 0.15) is 11.2 Å². The van der Waals surface area contributed by atoms with Gasteiger partial charge in [-0.1, -0.05) is 158 Å². The lowest BCUT2D eigenvalue weighted by Crippen LogP contribution is -2.08. The maximum Gasteiger partial charge on any atom is 0.238 e. The number of fused-ring (bicyclic) bond motifs is 9. The van der Waals surface area contributed by atoms with E-state index in [2.05, 4.69) is 174 Å². The number of hydrogen-bond acceptors (Lipinski definition) is 5. The molecule has 0 bridgehead atoms. The quantitative estimate of drug-likeness (QED) is 0.167. The van der Waals surface area contributed by atoms with Crippen LogP contribution in [0.4, 0.5) is 0 Å². The Bertz CT molecular complexity index is 3870. The summed E-state index contributed by atoms with van der Waals surface area (Å²) >= 11 is 1.86. The zero-order valence-corrected chi connectivity index (χ0v) is 35.3. The Morgan fingerprint density at radius 1 is 0.438 bits per heavy atom. The van der Waals surface area contributed by atoms with E-state index in [1.165, 1.54) is 31.3 Å². The maximum absolute atomic E-state index is 6.38. The topological polar surface area (TPSA) is 56.7 Å². The third-order valence-corrected chi connectivity index (χ3v) is 13.7. The van der Waals surface area contributed by atoms with E-state index < -0.39 is 0 Å². The smallest absolute Gasteiger partial charge is 0.238 e. The lowest BCUT2D eigenvalue weighted by atomic mass is 9.93. The van der Waals surface area contributed by atoms with Crippen LogP contribution in [-0.2, 0) is 0 Å². The number of hydrogen-bond donors (Lipinski definition) is 0. The van der Waals surface area contributed by atoms with Crippen LogP contribution in [0.1, 0.15) is 17.7 Å². The molecule has 0 amide bonds. The number of rotatable bonds is 6. The molecule has 0 fully saturated rings. The van der Waals surface area contributed by atoms with Gasteiger partial charge in [-0.3, -0.25) is 4.57 Å². The molecule has 6 heteroatoms. The maximum atomic E-state index is 6.38. The van der Waals surface area contributed by atoms with Gasteiger partial charge < -0.3 is 4.42 Å². The van der Waals surface area contributed by atoms with Gasteiger partial charge in [-0.15, -0.1) is 11.3 Å². The molecule has 0 saturated carbocycles. The third kappa shape index (κ3) is 5.95. The first-order chi connectivity index (χ1) is 31.7. The largest absolute Gasteiger partial charge is 0.456 e. The fourth-order valence-corrected chi connectivity index (χ4v) is 10.7. The molecule has 0 unspecified atom stereocenters. The Kier molecular flexibility index (Phi) is 8.39. The fraction of sp³-hybridized carbons (Fsp3) is 0.0172. The molecule has 5 nitrogen and oxygen atoms in total. The number of furan rings is 1. The predicted octanol–water partition coefficient (Wildman–Crippen LogP) is 15.8. The Morgan fingerprint density at radius 2 is 1.11 bits per heavy atom. The molecule has 300 valence electrons. The minimum absolute atomic E-state index is 0.541. The lowest BCUT2D eigenvalue weighted by molar-refractivity contribution is 0.669. The van der Waals surface area contributed by atoms with Crippen molar-refractivity contribution in [3.63, 3.8) is 0 Å². The summed E-state index contributed by atoms with van der Waals surface area (Å²) in [6.07, 6.45) is 9.77.